The van der Waals surface area contributed by atoms with Crippen LogP contribution in [0.3, 0.4) is 0 Å². The Labute approximate surface area is 148 Å². The number of nitrogens with zero attached hydrogens (tertiary/aromatic N) is 5. The van der Waals surface area contributed by atoms with Crippen molar-refractivity contribution in [3.63, 3.8) is 0 Å². The summed E-state index contributed by atoms with van der Waals surface area (Å²) in [6.07, 6.45) is 5.94. The molecule has 7 nitrogen and oxygen atoms in total. The number of hydrogen-bond acceptors (Lipinski definition) is 5. The second-order valence-electron chi connectivity index (χ2n) is 6.73. The van der Waals surface area contributed by atoms with E-state index >= 15 is 0 Å². The molecule has 0 radical (unpaired) electrons. The van der Waals surface area contributed by atoms with Crippen molar-refractivity contribution in [2.45, 2.75) is 31.8 Å². The van der Waals surface area contributed by atoms with E-state index in [-0.39, 0.29) is 5.69 Å². The number of fused-ring (bicyclic) bond motifs is 1. The first-order chi connectivity index (χ1) is 12.7. The number of furan rings is 1. The molecule has 4 aromatic rings. The SMILES string of the molecule is O=c1nc2oc(C3CC3)cc2cn1Cc1cn(Cc2ccccc2)nn1. The minimum absolute atomic E-state index is 0.334. The van der Waals surface area contributed by atoms with E-state index in [1.807, 2.05) is 42.6 Å². The summed E-state index contributed by atoms with van der Waals surface area (Å²) in [5.41, 5.74) is 1.94. The third-order valence-electron chi connectivity index (χ3n) is 4.58. The zero-order valence-electron chi connectivity index (χ0n) is 14.1. The van der Waals surface area contributed by atoms with E-state index in [1.165, 1.54) is 0 Å². The maximum absolute atomic E-state index is 12.3. The molecule has 1 fully saturated rings. The van der Waals surface area contributed by atoms with Gasteiger partial charge in [-0.1, -0.05) is 35.5 Å². The molecule has 3 heterocycles. The van der Waals surface area contributed by atoms with Crippen molar-refractivity contribution < 1.29 is 4.42 Å². The summed E-state index contributed by atoms with van der Waals surface area (Å²) in [7, 11) is 0. The van der Waals surface area contributed by atoms with Crippen LogP contribution in [0, 0.1) is 0 Å². The molecular weight excluding hydrogens is 330 g/mol. The zero-order chi connectivity index (χ0) is 17.5. The van der Waals surface area contributed by atoms with Gasteiger partial charge in [-0.3, -0.25) is 4.57 Å². The van der Waals surface area contributed by atoms with Crippen LogP contribution in [-0.2, 0) is 13.1 Å². The van der Waals surface area contributed by atoms with Crippen LogP contribution in [0.2, 0.25) is 0 Å². The summed E-state index contributed by atoms with van der Waals surface area (Å²) >= 11 is 0. The van der Waals surface area contributed by atoms with Gasteiger partial charge in [-0.25, -0.2) is 9.48 Å². The average molecular weight is 347 g/mol. The van der Waals surface area contributed by atoms with E-state index in [9.17, 15) is 4.79 Å². The fraction of sp³-hybridized carbons (Fsp3) is 0.263. The summed E-state index contributed by atoms with van der Waals surface area (Å²) in [5.74, 6) is 1.42. The van der Waals surface area contributed by atoms with Crippen molar-refractivity contribution in [1.29, 1.82) is 0 Å². The molecule has 3 aromatic heterocycles. The summed E-state index contributed by atoms with van der Waals surface area (Å²) in [6.45, 7) is 0.979. The van der Waals surface area contributed by atoms with Gasteiger partial charge >= 0.3 is 5.69 Å². The fourth-order valence-corrected chi connectivity index (χ4v) is 3.08. The second kappa shape index (κ2) is 5.94. The molecule has 0 bridgehead atoms. The second-order valence-corrected chi connectivity index (χ2v) is 6.73. The Morgan fingerprint density at radius 2 is 1.96 bits per heavy atom. The Hall–Kier alpha value is -3.22. The monoisotopic (exact) mass is 347 g/mol. The first kappa shape index (κ1) is 15.1. The summed E-state index contributed by atoms with van der Waals surface area (Å²) in [6, 6.07) is 12.0. The van der Waals surface area contributed by atoms with Gasteiger partial charge in [0.1, 0.15) is 11.5 Å². The van der Waals surface area contributed by atoms with E-state index in [4.69, 9.17) is 4.42 Å². The number of benzene rings is 1. The third-order valence-corrected chi connectivity index (χ3v) is 4.58. The molecule has 26 heavy (non-hydrogen) atoms. The molecule has 0 aliphatic heterocycles. The highest BCUT2D eigenvalue weighted by molar-refractivity contribution is 5.73. The topological polar surface area (TPSA) is 78.7 Å². The maximum atomic E-state index is 12.3. The molecule has 5 rings (SSSR count). The predicted octanol–water partition coefficient (Wildman–Crippen LogP) is 2.56. The fourth-order valence-electron chi connectivity index (χ4n) is 3.08. The minimum Gasteiger partial charge on any atom is -0.442 e. The van der Waals surface area contributed by atoms with Gasteiger partial charge in [0.05, 0.1) is 24.7 Å². The predicted molar refractivity (Wildman–Crippen MR) is 94.9 cm³/mol. The number of hydrogen-bond donors (Lipinski definition) is 0. The van der Waals surface area contributed by atoms with Crippen molar-refractivity contribution in [3.8, 4) is 0 Å². The van der Waals surface area contributed by atoms with Crippen LogP contribution in [0.25, 0.3) is 11.1 Å². The van der Waals surface area contributed by atoms with Gasteiger partial charge in [-0.05, 0) is 24.5 Å². The Kier molecular flexibility index (Phi) is 3.44. The molecule has 0 saturated heterocycles. The van der Waals surface area contributed by atoms with Gasteiger partial charge in [-0.15, -0.1) is 5.10 Å². The minimum atomic E-state index is -0.341. The molecule has 0 unspecified atom stereocenters. The quantitative estimate of drug-likeness (QED) is 0.554. The zero-order valence-corrected chi connectivity index (χ0v) is 14.1. The summed E-state index contributed by atoms with van der Waals surface area (Å²) < 4.78 is 9.01. The molecule has 1 aliphatic rings. The number of aromatic nitrogens is 5. The molecule has 0 spiro atoms. The van der Waals surface area contributed by atoms with Gasteiger partial charge in [0.15, 0.2) is 0 Å². The van der Waals surface area contributed by atoms with Crippen LogP contribution < -0.4 is 5.69 Å². The lowest BCUT2D eigenvalue weighted by molar-refractivity contribution is 0.538. The number of rotatable bonds is 5. The summed E-state index contributed by atoms with van der Waals surface area (Å²) in [4.78, 5) is 16.3. The highest BCUT2D eigenvalue weighted by atomic mass is 16.3. The van der Waals surface area contributed by atoms with Crippen molar-refractivity contribution >= 4 is 11.1 Å². The Balaban J connectivity index is 1.39. The smallest absolute Gasteiger partial charge is 0.351 e. The Bertz CT molecular complexity index is 1120. The third kappa shape index (κ3) is 2.92. The van der Waals surface area contributed by atoms with Crippen LogP contribution in [0.5, 0.6) is 0 Å². The molecule has 0 amide bonds. The van der Waals surface area contributed by atoms with E-state index in [1.54, 1.807) is 15.4 Å². The first-order valence-electron chi connectivity index (χ1n) is 8.68. The lowest BCUT2D eigenvalue weighted by atomic mass is 10.2. The van der Waals surface area contributed by atoms with Gasteiger partial charge in [0, 0.05) is 12.1 Å². The van der Waals surface area contributed by atoms with Gasteiger partial charge in [-0.2, -0.15) is 4.98 Å². The molecule has 0 N–H and O–H groups in total. The normalized spacial score (nSPS) is 14.2. The molecular formula is C19H17N5O2. The molecule has 7 heteroatoms. The lowest BCUT2D eigenvalue weighted by Crippen LogP contribution is -2.22. The maximum Gasteiger partial charge on any atom is 0.351 e. The van der Waals surface area contributed by atoms with Crippen LogP contribution in [0.4, 0.5) is 0 Å². The molecule has 1 aromatic carbocycles. The van der Waals surface area contributed by atoms with Crippen LogP contribution in [-0.4, -0.2) is 24.5 Å². The van der Waals surface area contributed by atoms with E-state index in [0.717, 1.165) is 35.2 Å². The van der Waals surface area contributed by atoms with Crippen molar-refractivity contribution in [2.75, 3.05) is 0 Å². The molecule has 1 aliphatic carbocycles. The van der Waals surface area contributed by atoms with Crippen molar-refractivity contribution in [3.05, 3.63) is 76.3 Å². The van der Waals surface area contributed by atoms with Gasteiger partial charge in [0.25, 0.3) is 0 Å². The van der Waals surface area contributed by atoms with Crippen LogP contribution in [0.1, 0.15) is 35.8 Å². The largest absolute Gasteiger partial charge is 0.442 e. The lowest BCUT2D eigenvalue weighted by Gasteiger charge is -2.01. The van der Waals surface area contributed by atoms with E-state index < -0.39 is 0 Å². The van der Waals surface area contributed by atoms with E-state index in [2.05, 4.69) is 15.3 Å². The summed E-state index contributed by atoms with van der Waals surface area (Å²) in [5, 5.41) is 9.17. The molecule has 0 atom stereocenters. The highest BCUT2D eigenvalue weighted by Crippen LogP contribution is 2.41. The van der Waals surface area contributed by atoms with E-state index in [0.29, 0.717) is 24.7 Å². The van der Waals surface area contributed by atoms with Gasteiger partial charge in [0.2, 0.25) is 5.71 Å². The Morgan fingerprint density at radius 1 is 1.12 bits per heavy atom. The molecule has 1 saturated carbocycles. The standard InChI is InChI=1S/C19H17N5O2/c25-19-20-18-15(8-17(26-18)14-6-7-14)10-23(19)11-16-12-24(22-21-16)9-13-4-2-1-3-5-13/h1-5,8,10,12,14H,6-7,9,11H2. The van der Waals surface area contributed by atoms with Crippen molar-refractivity contribution in [1.82, 2.24) is 24.5 Å². The van der Waals surface area contributed by atoms with Crippen molar-refractivity contribution in [2.24, 2.45) is 0 Å². The highest BCUT2D eigenvalue weighted by Gasteiger charge is 2.27. The Morgan fingerprint density at radius 3 is 2.77 bits per heavy atom. The average Bonchev–Trinajstić information content (AvgIpc) is 3.28. The first-order valence-corrected chi connectivity index (χ1v) is 8.68. The molecule has 130 valence electrons. The van der Waals surface area contributed by atoms with Crippen LogP contribution >= 0.6 is 0 Å². The van der Waals surface area contributed by atoms with Gasteiger partial charge < -0.3 is 4.42 Å². The van der Waals surface area contributed by atoms with Crippen LogP contribution in [0.15, 0.2) is 58.0 Å².